The molecule has 3 unspecified atom stereocenters. The highest BCUT2D eigenvalue weighted by molar-refractivity contribution is 7.83. The average molecular weight is 563 g/mol. The fraction of sp³-hybridized carbons (Fsp3) is 0.917. The van der Waals surface area contributed by atoms with E-state index in [2.05, 4.69) is 13.1 Å². The van der Waals surface area contributed by atoms with E-state index in [1.165, 1.54) is 0 Å². The van der Waals surface area contributed by atoms with Crippen molar-refractivity contribution in [3.8, 4) is 0 Å². The van der Waals surface area contributed by atoms with Gasteiger partial charge < -0.3 is 29.2 Å². The maximum absolute atomic E-state index is 11.3. The number of aliphatic hydroxyl groups is 1. The molecule has 2 rings (SSSR count). The summed E-state index contributed by atoms with van der Waals surface area (Å²) in [6.07, 6.45) is -12.6. The Hall–Kier alpha value is -1.28. The van der Waals surface area contributed by atoms with E-state index in [1.807, 2.05) is 0 Å². The summed E-state index contributed by atoms with van der Waals surface area (Å²) >= 11 is 0. The van der Waals surface area contributed by atoms with Crippen molar-refractivity contribution in [2.24, 2.45) is 0 Å². The van der Waals surface area contributed by atoms with Crippen LogP contribution in [-0.2, 0) is 58.4 Å². The van der Waals surface area contributed by atoms with E-state index in [1.54, 1.807) is 4.72 Å². The average Bonchev–Trinajstić information content (AvgIpc) is 2.62. The Kier molecular flexibility index (Phi) is 9.53. The second kappa shape index (κ2) is 11.2. The highest BCUT2D eigenvalue weighted by Crippen LogP contribution is 2.27. The van der Waals surface area contributed by atoms with Crippen molar-refractivity contribution in [1.29, 1.82) is 0 Å². The summed E-state index contributed by atoms with van der Waals surface area (Å²) in [5.41, 5.74) is 0. The number of hydrogen-bond donors (Lipinski definition) is 6. The Bertz CT molecular complexity index is 1030. The minimum Gasteiger partial charge on any atom is -0.450 e. The lowest BCUT2D eigenvalue weighted by atomic mass is 10.0. The fourth-order valence-corrected chi connectivity index (χ4v) is 4.56. The first-order chi connectivity index (χ1) is 15.4. The summed E-state index contributed by atoms with van der Waals surface area (Å²) < 4.78 is 123. The Labute approximate surface area is 192 Å². The monoisotopic (exact) mass is 563 g/mol. The van der Waals surface area contributed by atoms with Gasteiger partial charge in [-0.15, -0.1) is 0 Å². The van der Waals surface area contributed by atoms with Gasteiger partial charge in [0, 0.05) is 6.42 Å². The standard InChI is InChI=1S/C12H21NO18S3/c14-6-1-5(2-27-33(20,21)22)28-11(9(6)13-32(17,18)19)29-7-3-26-4-8(31-34(23,24)25)10(7)30-12(15)16/h5-11,13-14H,1-4H2,(H,15,16)(H,17,18,19)(H,20,21,22)(H,23,24,25)/t5?,6?,7-,8?,9-,10+,11-/m0/s1. The minimum absolute atomic E-state index is 0.493. The first-order valence-corrected chi connectivity index (χ1v) is 13.1. The minimum atomic E-state index is -5.12. The van der Waals surface area contributed by atoms with Crippen LogP contribution in [-0.4, -0.2) is 118 Å². The summed E-state index contributed by atoms with van der Waals surface area (Å²) in [5.74, 6) is 0. The smallest absolute Gasteiger partial charge is 0.450 e. The third kappa shape index (κ3) is 9.76. The highest BCUT2D eigenvalue weighted by Gasteiger charge is 2.47. The van der Waals surface area contributed by atoms with Crippen LogP contribution in [0.2, 0.25) is 0 Å². The van der Waals surface area contributed by atoms with Gasteiger partial charge >= 0.3 is 37.3 Å². The van der Waals surface area contributed by atoms with E-state index in [-0.39, 0.29) is 0 Å². The summed E-state index contributed by atoms with van der Waals surface area (Å²) in [7, 11) is -15.0. The number of nitrogens with one attached hydrogen (secondary N) is 1. The molecule has 0 aromatic heterocycles. The molecule has 7 atom stereocenters. The van der Waals surface area contributed by atoms with Gasteiger partial charge in [-0.2, -0.15) is 30.0 Å². The zero-order valence-corrected chi connectivity index (χ0v) is 19.1. The van der Waals surface area contributed by atoms with Crippen LogP contribution in [0.25, 0.3) is 0 Å². The molecule has 34 heavy (non-hydrogen) atoms. The lowest BCUT2D eigenvalue weighted by Gasteiger charge is -2.42. The molecular weight excluding hydrogens is 542 g/mol. The van der Waals surface area contributed by atoms with E-state index < -0.39 is 106 Å². The third-order valence-corrected chi connectivity index (χ3v) is 5.81. The Balaban J connectivity index is 2.29. The van der Waals surface area contributed by atoms with Crippen LogP contribution in [0.15, 0.2) is 0 Å². The molecular formula is C12H21NO18S3. The second-order valence-electron chi connectivity index (χ2n) is 6.88. The zero-order valence-electron chi connectivity index (χ0n) is 16.6. The van der Waals surface area contributed by atoms with Gasteiger partial charge in [-0.25, -0.2) is 13.2 Å². The molecule has 2 saturated heterocycles. The Morgan fingerprint density at radius 2 is 1.62 bits per heavy atom. The maximum Gasteiger partial charge on any atom is 0.506 e. The molecule has 0 spiro atoms. The molecule has 0 amide bonds. The topological polar surface area (TPSA) is 288 Å². The largest absolute Gasteiger partial charge is 0.506 e. The fourth-order valence-electron chi connectivity index (χ4n) is 3.14. The summed E-state index contributed by atoms with van der Waals surface area (Å²) in [6, 6.07) is -1.77. The van der Waals surface area contributed by atoms with Gasteiger partial charge in [-0.1, -0.05) is 0 Å². The van der Waals surface area contributed by atoms with Crippen molar-refractivity contribution < 1.29 is 81.2 Å². The molecule has 0 aliphatic carbocycles. The normalized spacial score (nSPS) is 33.4. The van der Waals surface area contributed by atoms with Crippen molar-refractivity contribution in [1.82, 2.24) is 4.72 Å². The molecule has 0 aromatic carbocycles. The van der Waals surface area contributed by atoms with Gasteiger partial charge in [0.1, 0.15) is 18.2 Å². The van der Waals surface area contributed by atoms with Crippen LogP contribution < -0.4 is 4.72 Å². The van der Waals surface area contributed by atoms with E-state index >= 15 is 0 Å². The molecule has 0 aromatic rings. The first kappa shape index (κ1) is 29.0. The van der Waals surface area contributed by atoms with Crippen molar-refractivity contribution in [2.75, 3.05) is 19.8 Å². The van der Waals surface area contributed by atoms with Gasteiger partial charge in [0.2, 0.25) is 0 Å². The molecule has 19 nitrogen and oxygen atoms in total. The number of carbonyl (C=O) groups is 1. The molecule has 6 N–H and O–H groups in total. The number of ether oxygens (including phenoxy) is 4. The van der Waals surface area contributed by atoms with Gasteiger partial charge in [0.25, 0.3) is 0 Å². The molecule has 2 fully saturated rings. The molecule has 0 radical (unpaired) electrons. The molecule has 200 valence electrons. The van der Waals surface area contributed by atoms with Gasteiger partial charge in [0.05, 0.1) is 32.0 Å². The van der Waals surface area contributed by atoms with Crippen LogP contribution in [0, 0.1) is 0 Å². The van der Waals surface area contributed by atoms with E-state index in [9.17, 15) is 35.2 Å². The lowest BCUT2D eigenvalue weighted by Crippen LogP contribution is -2.61. The van der Waals surface area contributed by atoms with Crippen LogP contribution in [0.1, 0.15) is 6.42 Å². The predicted molar refractivity (Wildman–Crippen MR) is 100 cm³/mol. The number of carboxylic acid groups (broad SMARTS) is 1. The number of rotatable bonds is 10. The second-order valence-corrected chi connectivity index (χ2v) is 10.2. The summed E-state index contributed by atoms with van der Waals surface area (Å²) in [4.78, 5) is 11.1. The molecule has 0 bridgehead atoms. The van der Waals surface area contributed by atoms with Crippen molar-refractivity contribution in [2.45, 2.75) is 49.3 Å². The van der Waals surface area contributed by atoms with Gasteiger partial charge in [-0.05, 0) is 0 Å². The number of hydrogen-bond acceptors (Lipinski definition) is 14. The first-order valence-electron chi connectivity index (χ1n) is 8.92. The van der Waals surface area contributed by atoms with Crippen LogP contribution >= 0.6 is 0 Å². The molecule has 22 heteroatoms. The van der Waals surface area contributed by atoms with Crippen molar-refractivity contribution in [3.63, 3.8) is 0 Å². The predicted octanol–water partition coefficient (Wildman–Crippen LogP) is -3.29. The third-order valence-electron chi connectivity index (χ3n) is 4.31. The van der Waals surface area contributed by atoms with Crippen molar-refractivity contribution in [3.05, 3.63) is 0 Å². The quantitative estimate of drug-likeness (QED) is 0.112. The van der Waals surface area contributed by atoms with Crippen LogP contribution in [0.5, 0.6) is 0 Å². The molecule has 2 heterocycles. The van der Waals surface area contributed by atoms with Gasteiger partial charge in [-0.3, -0.25) is 13.7 Å². The Morgan fingerprint density at radius 3 is 2.15 bits per heavy atom. The van der Waals surface area contributed by atoms with E-state index in [0.29, 0.717) is 0 Å². The Morgan fingerprint density at radius 1 is 1.00 bits per heavy atom. The number of aliphatic hydroxyl groups excluding tert-OH is 1. The molecule has 2 aliphatic heterocycles. The van der Waals surface area contributed by atoms with Crippen LogP contribution in [0.3, 0.4) is 0 Å². The lowest BCUT2D eigenvalue weighted by molar-refractivity contribution is -0.280. The van der Waals surface area contributed by atoms with Crippen LogP contribution in [0.4, 0.5) is 4.79 Å². The SMILES string of the molecule is O=C(O)O[C@H]1C(OS(=O)(=O)O)COC[C@@H]1O[C@@H]1OC(COS(=O)(=O)O)CC(O)[C@@H]1NS(=O)(=O)O. The van der Waals surface area contributed by atoms with E-state index in [0.717, 1.165) is 0 Å². The summed E-state index contributed by atoms with van der Waals surface area (Å²) in [5, 5.41) is 19.3. The molecule has 0 saturated carbocycles. The van der Waals surface area contributed by atoms with Gasteiger partial charge in [0.15, 0.2) is 12.4 Å². The maximum atomic E-state index is 11.3. The molecule has 2 aliphatic rings. The summed E-state index contributed by atoms with van der Waals surface area (Å²) in [6.45, 7) is -1.99. The highest BCUT2D eigenvalue weighted by atomic mass is 32.3. The van der Waals surface area contributed by atoms with E-state index in [4.69, 9.17) is 33.0 Å². The van der Waals surface area contributed by atoms with Crippen molar-refractivity contribution >= 4 is 37.3 Å². The zero-order chi connectivity index (χ0) is 25.9.